The van der Waals surface area contributed by atoms with Gasteiger partial charge >= 0.3 is 0 Å². The number of hydrogen-bond donors (Lipinski definition) is 1. The van der Waals surface area contributed by atoms with Crippen molar-refractivity contribution in [2.45, 2.75) is 39.2 Å². The van der Waals surface area contributed by atoms with Crippen LogP contribution in [0.4, 0.5) is 10.1 Å². The number of fused-ring (bicyclic) bond motifs is 3. The van der Waals surface area contributed by atoms with Crippen LogP contribution >= 0.6 is 0 Å². The standard InChI is InChI=1S/C23H25FN2O2/c1-3-26(4-2)18-10-12-22-20(14-18)19-13-17(9-11-21(19)28-22)25-23(27)15-5-7-16(24)8-6-15/h5-9,11,13,18H,3-4,10,12,14H2,1-2H3,(H,25,27). The predicted molar refractivity (Wildman–Crippen MR) is 109 cm³/mol. The Hall–Kier alpha value is -2.66. The first-order valence-electron chi connectivity index (χ1n) is 9.94. The second-order valence-electron chi connectivity index (χ2n) is 7.29. The summed E-state index contributed by atoms with van der Waals surface area (Å²) >= 11 is 0. The summed E-state index contributed by atoms with van der Waals surface area (Å²) in [5.74, 6) is 0.462. The number of anilines is 1. The quantitative estimate of drug-likeness (QED) is 0.676. The molecule has 0 spiro atoms. The van der Waals surface area contributed by atoms with E-state index in [1.807, 2.05) is 18.2 Å². The van der Waals surface area contributed by atoms with Crippen molar-refractivity contribution >= 4 is 22.6 Å². The zero-order valence-electron chi connectivity index (χ0n) is 16.3. The molecule has 3 aromatic rings. The second kappa shape index (κ2) is 7.76. The first-order chi connectivity index (χ1) is 13.6. The van der Waals surface area contributed by atoms with Crippen molar-refractivity contribution < 1.29 is 13.6 Å². The number of amides is 1. The topological polar surface area (TPSA) is 45.5 Å². The third kappa shape index (κ3) is 3.54. The van der Waals surface area contributed by atoms with Crippen LogP contribution in [0.5, 0.6) is 0 Å². The maximum atomic E-state index is 13.1. The molecule has 0 aliphatic heterocycles. The Morgan fingerprint density at radius 3 is 2.64 bits per heavy atom. The Kier molecular flexibility index (Phi) is 5.18. The van der Waals surface area contributed by atoms with Gasteiger partial charge < -0.3 is 14.6 Å². The number of likely N-dealkylation sites (N-methyl/N-ethyl adjacent to an activating group) is 1. The van der Waals surface area contributed by atoms with Gasteiger partial charge in [0.15, 0.2) is 0 Å². The zero-order valence-corrected chi connectivity index (χ0v) is 16.3. The molecule has 1 amide bonds. The Bertz CT molecular complexity index is 990. The number of rotatable bonds is 5. The van der Waals surface area contributed by atoms with E-state index in [0.29, 0.717) is 11.6 Å². The fourth-order valence-electron chi connectivity index (χ4n) is 4.19. The van der Waals surface area contributed by atoms with Crippen LogP contribution in [0, 0.1) is 5.82 Å². The molecule has 5 heteroatoms. The number of nitrogens with one attached hydrogen (secondary N) is 1. The van der Waals surface area contributed by atoms with Gasteiger partial charge in [0.05, 0.1) is 0 Å². The van der Waals surface area contributed by atoms with Crippen molar-refractivity contribution in [3.8, 4) is 0 Å². The largest absolute Gasteiger partial charge is 0.461 e. The Balaban J connectivity index is 1.60. The molecule has 1 aliphatic rings. The van der Waals surface area contributed by atoms with Crippen molar-refractivity contribution in [3.05, 3.63) is 65.2 Å². The molecule has 1 unspecified atom stereocenters. The molecular formula is C23H25FN2O2. The molecule has 146 valence electrons. The van der Waals surface area contributed by atoms with E-state index in [1.54, 1.807) is 0 Å². The molecule has 1 atom stereocenters. The maximum Gasteiger partial charge on any atom is 0.255 e. The minimum Gasteiger partial charge on any atom is -0.461 e. The number of aryl methyl sites for hydroxylation is 1. The average molecular weight is 380 g/mol. The van der Waals surface area contributed by atoms with Crippen molar-refractivity contribution in [2.24, 2.45) is 0 Å². The summed E-state index contributed by atoms with van der Waals surface area (Å²) in [5.41, 5.74) is 3.27. The van der Waals surface area contributed by atoms with Crippen molar-refractivity contribution in [1.29, 1.82) is 0 Å². The number of benzene rings is 2. The number of nitrogens with zero attached hydrogens (tertiary/aromatic N) is 1. The third-order valence-electron chi connectivity index (χ3n) is 5.71. The van der Waals surface area contributed by atoms with E-state index in [9.17, 15) is 9.18 Å². The van der Waals surface area contributed by atoms with Crippen molar-refractivity contribution in [3.63, 3.8) is 0 Å². The van der Waals surface area contributed by atoms with Crippen LogP contribution in [0.2, 0.25) is 0 Å². The van der Waals surface area contributed by atoms with E-state index < -0.39 is 0 Å². The van der Waals surface area contributed by atoms with Gasteiger partial charge in [0.1, 0.15) is 17.2 Å². The molecule has 0 radical (unpaired) electrons. The van der Waals surface area contributed by atoms with Gasteiger partial charge in [-0.15, -0.1) is 0 Å². The lowest BCUT2D eigenvalue weighted by molar-refractivity contribution is 0.102. The van der Waals surface area contributed by atoms with Crippen LogP contribution in [0.1, 0.15) is 41.9 Å². The molecule has 1 N–H and O–H groups in total. The van der Waals surface area contributed by atoms with Crippen LogP contribution in [0.15, 0.2) is 46.9 Å². The lowest BCUT2D eigenvalue weighted by atomic mass is 9.90. The molecule has 1 aliphatic carbocycles. The van der Waals surface area contributed by atoms with E-state index in [0.717, 1.165) is 54.8 Å². The lowest BCUT2D eigenvalue weighted by Gasteiger charge is -2.32. The highest BCUT2D eigenvalue weighted by molar-refractivity contribution is 6.05. The van der Waals surface area contributed by atoms with Crippen LogP contribution in [-0.2, 0) is 12.8 Å². The summed E-state index contributed by atoms with van der Waals surface area (Å²) in [6, 6.07) is 11.8. The maximum absolute atomic E-state index is 13.1. The molecule has 28 heavy (non-hydrogen) atoms. The molecule has 0 saturated heterocycles. The van der Waals surface area contributed by atoms with Crippen LogP contribution in [0.3, 0.4) is 0 Å². The van der Waals surface area contributed by atoms with Gasteiger partial charge in [-0.05, 0) is 68.4 Å². The molecule has 0 bridgehead atoms. The van der Waals surface area contributed by atoms with E-state index in [1.165, 1.54) is 29.8 Å². The zero-order chi connectivity index (χ0) is 19.7. The van der Waals surface area contributed by atoms with Gasteiger partial charge in [-0.25, -0.2) is 4.39 Å². The molecule has 2 aromatic carbocycles. The fraction of sp³-hybridized carbons (Fsp3) is 0.348. The van der Waals surface area contributed by atoms with Crippen LogP contribution in [0.25, 0.3) is 11.0 Å². The fourth-order valence-corrected chi connectivity index (χ4v) is 4.19. The van der Waals surface area contributed by atoms with E-state index in [2.05, 4.69) is 24.1 Å². The van der Waals surface area contributed by atoms with E-state index >= 15 is 0 Å². The van der Waals surface area contributed by atoms with Crippen molar-refractivity contribution in [2.75, 3.05) is 18.4 Å². The van der Waals surface area contributed by atoms with Gasteiger partial charge in [-0.1, -0.05) is 13.8 Å². The van der Waals surface area contributed by atoms with Gasteiger partial charge in [0.25, 0.3) is 5.91 Å². The lowest BCUT2D eigenvalue weighted by Crippen LogP contribution is -2.38. The number of halogens is 1. The molecule has 0 saturated carbocycles. The summed E-state index contributed by atoms with van der Waals surface area (Å²) in [4.78, 5) is 14.9. The minimum absolute atomic E-state index is 0.252. The monoisotopic (exact) mass is 380 g/mol. The third-order valence-corrected chi connectivity index (χ3v) is 5.71. The predicted octanol–water partition coefficient (Wildman–Crippen LogP) is 5.02. The molecular weight excluding hydrogens is 355 g/mol. The number of carbonyl (C=O) groups is 1. The average Bonchev–Trinajstić information content (AvgIpc) is 3.07. The Labute approximate surface area is 164 Å². The molecule has 4 nitrogen and oxygen atoms in total. The summed E-state index contributed by atoms with van der Waals surface area (Å²) in [5, 5.41) is 3.98. The van der Waals surface area contributed by atoms with E-state index in [-0.39, 0.29) is 11.7 Å². The van der Waals surface area contributed by atoms with Gasteiger partial charge in [-0.3, -0.25) is 4.79 Å². The van der Waals surface area contributed by atoms with Crippen LogP contribution in [-0.4, -0.2) is 29.9 Å². The number of hydrogen-bond acceptors (Lipinski definition) is 3. The highest BCUT2D eigenvalue weighted by Crippen LogP contribution is 2.35. The SMILES string of the molecule is CCN(CC)C1CCc2oc3ccc(NC(=O)c4ccc(F)cc4)cc3c2C1. The number of furan rings is 1. The van der Waals surface area contributed by atoms with E-state index in [4.69, 9.17) is 4.42 Å². The summed E-state index contributed by atoms with van der Waals surface area (Å²) in [6.45, 7) is 6.50. The summed E-state index contributed by atoms with van der Waals surface area (Å²) in [7, 11) is 0. The Morgan fingerprint density at radius 1 is 1.18 bits per heavy atom. The smallest absolute Gasteiger partial charge is 0.255 e. The van der Waals surface area contributed by atoms with Gasteiger partial charge in [0.2, 0.25) is 0 Å². The molecule has 0 fully saturated rings. The van der Waals surface area contributed by atoms with Crippen LogP contribution < -0.4 is 5.32 Å². The highest BCUT2D eigenvalue weighted by Gasteiger charge is 2.27. The van der Waals surface area contributed by atoms with Gasteiger partial charge in [0, 0.05) is 34.7 Å². The first kappa shape index (κ1) is 18.7. The molecule has 4 rings (SSSR count). The first-order valence-corrected chi connectivity index (χ1v) is 9.94. The van der Waals surface area contributed by atoms with Gasteiger partial charge in [-0.2, -0.15) is 0 Å². The highest BCUT2D eigenvalue weighted by atomic mass is 19.1. The minimum atomic E-state index is -0.356. The van der Waals surface area contributed by atoms with Crippen molar-refractivity contribution in [1.82, 2.24) is 4.90 Å². The number of carbonyl (C=O) groups excluding carboxylic acids is 1. The normalized spacial score (nSPS) is 16.4. The summed E-state index contributed by atoms with van der Waals surface area (Å²) in [6.07, 6.45) is 3.03. The molecule has 1 aromatic heterocycles. The molecule has 1 heterocycles. The Morgan fingerprint density at radius 2 is 1.93 bits per heavy atom. The summed E-state index contributed by atoms with van der Waals surface area (Å²) < 4.78 is 19.1. The second-order valence-corrected chi connectivity index (χ2v) is 7.29.